The molecule has 92 heavy (non-hydrogen) atoms. The van der Waals surface area contributed by atoms with Crippen molar-refractivity contribution in [3.63, 3.8) is 0 Å². The molecule has 8 heteroatoms. The SMILES string of the molecule is CC1(C)c2ccccc2-c2ccc3c(c21)c1ccccc1n3-c1ccc(-c2ccc(-n3c4ccccc4c4c5c(ccc43)-c3ccccc3C5(C)C)c(-c3nc(-c4ccccc4)nc(-c4ccccc4)n3)c2)cc1-c1nc(-c2ccccc2)nc(-c2ccccc2)n1. The third kappa shape index (κ3) is 8.09. The summed E-state index contributed by atoms with van der Waals surface area (Å²) in [5, 5.41) is 4.85. The van der Waals surface area contributed by atoms with E-state index < -0.39 is 0 Å². The number of aromatic nitrogens is 8. The lowest BCUT2D eigenvalue weighted by atomic mass is 9.80. The Morgan fingerprint density at radius 1 is 0.239 bits per heavy atom. The van der Waals surface area contributed by atoms with Gasteiger partial charge in [0.1, 0.15) is 0 Å². The summed E-state index contributed by atoms with van der Waals surface area (Å²) >= 11 is 0. The van der Waals surface area contributed by atoms with E-state index >= 15 is 0 Å². The van der Waals surface area contributed by atoms with Crippen molar-refractivity contribution < 1.29 is 0 Å². The third-order valence-corrected chi connectivity index (χ3v) is 19.4. The highest BCUT2D eigenvalue weighted by molar-refractivity contribution is 6.16. The number of hydrogen-bond donors (Lipinski definition) is 0. The van der Waals surface area contributed by atoms with Crippen molar-refractivity contribution in [2.24, 2.45) is 0 Å². The molecule has 2 aliphatic carbocycles. The molecule has 0 amide bonds. The van der Waals surface area contributed by atoms with E-state index in [9.17, 15) is 0 Å². The first-order valence-corrected chi connectivity index (χ1v) is 31.5. The Kier molecular flexibility index (Phi) is 11.8. The molecule has 0 fully saturated rings. The maximum atomic E-state index is 5.50. The van der Waals surface area contributed by atoms with Gasteiger partial charge in [0.05, 0.1) is 33.4 Å². The summed E-state index contributed by atoms with van der Waals surface area (Å²) in [6.45, 7) is 9.50. The van der Waals surface area contributed by atoms with Crippen LogP contribution in [-0.2, 0) is 10.8 Å². The molecule has 0 bridgehead atoms. The molecule has 18 rings (SSSR count). The highest BCUT2D eigenvalue weighted by atomic mass is 15.1. The van der Waals surface area contributed by atoms with Gasteiger partial charge >= 0.3 is 0 Å². The van der Waals surface area contributed by atoms with E-state index in [4.69, 9.17) is 29.9 Å². The summed E-state index contributed by atoms with van der Waals surface area (Å²) in [5.74, 6) is 3.43. The molecule has 4 aromatic heterocycles. The molecule has 8 nitrogen and oxygen atoms in total. The number of benzene rings is 12. The lowest BCUT2D eigenvalue weighted by Gasteiger charge is -2.23. The van der Waals surface area contributed by atoms with Gasteiger partial charge in [-0.25, -0.2) is 29.9 Å². The Balaban J connectivity index is 0.922. The molecule has 4 heterocycles. The van der Waals surface area contributed by atoms with Gasteiger partial charge in [-0.3, -0.25) is 0 Å². The van der Waals surface area contributed by atoms with Crippen molar-refractivity contribution in [3.05, 3.63) is 301 Å². The first-order valence-electron chi connectivity index (χ1n) is 31.5. The van der Waals surface area contributed by atoms with Crippen LogP contribution in [0.15, 0.2) is 279 Å². The quantitative estimate of drug-likeness (QED) is 0.143. The molecule has 0 radical (unpaired) electrons. The summed E-state index contributed by atoms with van der Waals surface area (Å²) < 4.78 is 4.87. The fourth-order valence-corrected chi connectivity index (χ4v) is 15.2. The van der Waals surface area contributed by atoms with Crippen LogP contribution in [0.5, 0.6) is 0 Å². The van der Waals surface area contributed by atoms with Gasteiger partial charge in [-0.05, 0) is 104 Å². The molecule has 0 saturated carbocycles. The minimum Gasteiger partial charge on any atom is -0.308 e. The molecule has 16 aromatic rings. The molecule has 2 aliphatic rings. The molecular weight excluding hydrogens is 1120 g/mol. The van der Waals surface area contributed by atoms with Crippen molar-refractivity contribution in [2.75, 3.05) is 0 Å². The Morgan fingerprint density at radius 3 is 0.924 bits per heavy atom. The highest BCUT2D eigenvalue weighted by Gasteiger charge is 2.40. The van der Waals surface area contributed by atoms with E-state index in [0.717, 1.165) is 77.9 Å². The van der Waals surface area contributed by atoms with E-state index in [1.165, 1.54) is 66.1 Å². The minimum absolute atomic E-state index is 0.260. The van der Waals surface area contributed by atoms with Crippen LogP contribution < -0.4 is 0 Å². The van der Waals surface area contributed by atoms with Gasteiger partial charge in [0.25, 0.3) is 0 Å². The van der Waals surface area contributed by atoms with Crippen molar-refractivity contribution >= 4 is 43.6 Å². The van der Waals surface area contributed by atoms with Gasteiger partial charge in [-0.2, -0.15) is 0 Å². The van der Waals surface area contributed by atoms with E-state index in [1.807, 2.05) is 72.8 Å². The van der Waals surface area contributed by atoms with E-state index in [0.29, 0.717) is 34.9 Å². The van der Waals surface area contributed by atoms with Crippen molar-refractivity contribution in [2.45, 2.75) is 38.5 Å². The molecule has 0 spiro atoms. The van der Waals surface area contributed by atoms with Crippen LogP contribution in [0.3, 0.4) is 0 Å². The Labute approximate surface area is 532 Å². The molecule has 0 saturated heterocycles. The third-order valence-electron chi connectivity index (χ3n) is 19.4. The van der Waals surface area contributed by atoms with Crippen LogP contribution in [0.2, 0.25) is 0 Å². The maximum Gasteiger partial charge on any atom is 0.166 e. The van der Waals surface area contributed by atoms with Gasteiger partial charge < -0.3 is 9.13 Å². The largest absolute Gasteiger partial charge is 0.308 e. The van der Waals surface area contributed by atoms with E-state index in [1.54, 1.807) is 0 Å². The fourth-order valence-electron chi connectivity index (χ4n) is 15.2. The fraction of sp³-hybridized carbons (Fsp3) is 0.0714. The van der Waals surface area contributed by atoms with Gasteiger partial charge in [0.2, 0.25) is 0 Å². The second-order valence-corrected chi connectivity index (χ2v) is 25.4. The van der Waals surface area contributed by atoms with E-state index in [2.05, 4.69) is 243 Å². The van der Waals surface area contributed by atoms with Crippen LogP contribution in [0.1, 0.15) is 49.9 Å². The predicted molar refractivity (Wildman–Crippen MR) is 375 cm³/mol. The van der Waals surface area contributed by atoms with Gasteiger partial charge in [-0.1, -0.05) is 258 Å². The van der Waals surface area contributed by atoms with Crippen molar-refractivity contribution in [3.8, 4) is 113 Å². The molecule has 0 unspecified atom stereocenters. The van der Waals surface area contributed by atoms with Crippen molar-refractivity contribution in [1.82, 2.24) is 39.0 Å². The number of nitrogens with zero attached hydrogens (tertiary/aromatic N) is 8. The Hall–Kier alpha value is -11.7. The second-order valence-electron chi connectivity index (χ2n) is 25.4. The second kappa shape index (κ2) is 20.4. The maximum absolute atomic E-state index is 5.50. The Morgan fingerprint density at radius 2 is 0.554 bits per heavy atom. The first kappa shape index (κ1) is 53.3. The smallest absolute Gasteiger partial charge is 0.166 e. The summed E-state index contributed by atoms with van der Waals surface area (Å²) in [6.07, 6.45) is 0. The topological polar surface area (TPSA) is 87.2 Å². The lowest BCUT2D eigenvalue weighted by Crippen LogP contribution is -2.15. The average molecular weight is 1180 g/mol. The van der Waals surface area contributed by atoms with Crippen LogP contribution in [0.25, 0.3) is 157 Å². The van der Waals surface area contributed by atoms with Crippen LogP contribution in [0.4, 0.5) is 0 Å². The molecule has 12 aromatic carbocycles. The molecule has 0 aliphatic heterocycles. The van der Waals surface area contributed by atoms with Gasteiger partial charge in [-0.15, -0.1) is 0 Å². The predicted octanol–water partition coefficient (Wildman–Crippen LogP) is 20.5. The lowest BCUT2D eigenvalue weighted by molar-refractivity contribution is 0.666. The molecule has 0 N–H and O–H groups in total. The van der Waals surface area contributed by atoms with Crippen LogP contribution in [-0.4, -0.2) is 39.0 Å². The zero-order valence-electron chi connectivity index (χ0n) is 51.1. The summed E-state index contributed by atoms with van der Waals surface area (Å²) in [5.41, 5.74) is 23.4. The summed E-state index contributed by atoms with van der Waals surface area (Å²) in [4.78, 5) is 32.4. The number of fused-ring (bicyclic) bond motifs is 14. The zero-order valence-corrected chi connectivity index (χ0v) is 51.1. The Bertz CT molecular complexity index is 5220. The summed E-state index contributed by atoms with van der Waals surface area (Å²) in [6, 6.07) is 99.4. The summed E-state index contributed by atoms with van der Waals surface area (Å²) in [7, 11) is 0. The number of para-hydroxylation sites is 2. The van der Waals surface area contributed by atoms with Gasteiger partial charge in [0, 0.05) is 65.8 Å². The van der Waals surface area contributed by atoms with Crippen molar-refractivity contribution in [1.29, 1.82) is 0 Å². The van der Waals surface area contributed by atoms with Gasteiger partial charge in [0.15, 0.2) is 34.9 Å². The normalized spacial score (nSPS) is 13.4. The minimum atomic E-state index is -0.260. The molecular formula is C84H58N8. The average Bonchev–Trinajstić information content (AvgIpc) is 1.19. The van der Waals surface area contributed by atoms with E-state index in [-0.39, 0.29) is 10.8 Å². The highest BCUT2D eigenvalue weighted by Crippen LogP contribution is 2.56. The van der Waals surface area contributed by atoms with Crippen LogP contribution in [0, 0.1) is 0 Å². The number of hydrogen-bond acceptors (Lipinski definition) is 6. The zero-order chi connectivity index (χ0) is 61.4. The monoisotopic (exact) mass is 1180 g/mol. The first-order chi connectivity index (χ1) is 45.2. The van der Waals surface area contributed by atoms with Crippen LogP contribution >= 0.6 is 0 Å². The standard InChI is InChI=1S/C84H58N8/c1-83(2)65-37-21-17-33-57(65)59-43-47-71-73(75(59)83)61-35-19-23-39-67(61)91(71)69-45-41-55(49-63(69)81-87-77(51-25-9-5-10-26-51)85-78(88-81)52-27-11-6-12-28-52)56-42-46-70(64(50-56)82-89-79(53-29-13-7-14-30-53)86-80(90-82)54-31-15-8-16-32-54)92-68-40-24-20-36-62(68)74-72(92)48-44-60-58-34-18-22-38-66(58)84(3,4)76(60)74/h5-50H,1-4H3. The molecule has 0 atom stereocenters. The number of rotatable bonds is 9. The molecule has 434 valence electrons.